The van der Waals surface area contributed by atoms with E-state index in [4.69, 9.17) is 0 Å². The third kappa shape index (κ3) is 2.79. The Kier molecular flexibility index (Phi) is 4.14. The van der Waals surface area contributed by atoms with E-state index in [1.807, 2.05) is 18.5 Å². The maximum Gasteiger partial charge on any atom is 0.158 e. The molecule has 2 heterocycles. The van der Waals surface area contributed by atoms with Crippen LogP contribution in [0.3, 0.4) is 0 Å². The number of nitrogens with zero attached hydrogens (tertiary/aromatic N) is 3. The van der Waals surface area contributed by atoms with Gasteiger partial charge in [-0.25, -0.2) is 9.67 Å². The summed E-state index contributed by atoms with van der Waals surface area (Å²) in [5.41, 5.74) is 3.24. The van der Waals surface area contributed by atoms with Gasteiger partial charge in [-0.2, -0.15) is 5.10 Å². The number of nitrogens with one attached hydrogen (secondary N) is 1. The number of halogens is 1. The first kappa shape index (κ1) is 13.2. The number of pyridine rings is 1. The van der Waals surface area contributed by atoms with Crippen molar-refractivity contribution >= 4 is 15.9 Å². The second-order valence-corrected chi connectivity index (χ2v) is 5.17. The molecule has 1 N–H and O–H groups in total. The van der Waals surface area contributed by atoms with Crippen LogP contribution in [0.4, 0.5) is 0 Å². The molecule has 2 aromatic rings. The summed E-state index contributed by atoms with van der Waals surface area (Å²) in [5.74, 6) is 0.893. The van der Waals surface area contributed by atoms with Crippen molar-refractivity contribution in [1.82, 2.24) is 20.1 Å². The van der Waals surface area contributed by atoms with Gasteiger partial charge in [-0.15, -0.1) is 0 Å². The molecule has 0 amide bonds. The van der Waals surface area contributed by atoms with E-state index < -0.39 is 0 Å². The predicted molar refractivity (Wildman–Crippen MR) is 75.9 cm³/mol. The van der Waals surface area contributed by atoms with Crippen LogP contribution in [0.5, 0.6) is 0 Å². The Morgan fingerprint density at radius 1 is 1.33 bits per heavy atom. The minimum atomic E-state index is 0.788. The summed E-state index contributed by atoms with van der Waals surface area (Å²) in [6, 6.07) is 4.14. The maximum absolute atomic E-state index is 4.49. The smallest absolute Gasteiger partial charge is 0.158 e. The predicted octanol–water partition coefficient (Wildman–Crippen LogP) is 2.76. The van der Waals surface area contributed by atoms with E-state index in [2.05, 4.69) is 50.4 Å². The number of hydrogen-bond acceptors (Lipinski definition) is 3. The van der Waals surface area contributed by atoms with Crippen LogP contribution >= 0.6 is 15.9 Å². The molecule has 0 bridgehead atoms. The fourth-order valence-electron chi connectivity index (χ4n) is 1.90. The Hall–Kier alpha value is -1.20. The zero-order valence-corrected chi connectivity index (χ0v) is 12.5. The second kappa shape index (κ2) is 5.63. The van der Waals surface area contributed by atoms with Gasteiger partial charge in [-0.1, -0.05) is 6.92 Å². The fraction of sp³-hybridized carbons (Fsp3) is 0.385. The average Bonchev–Trinajstić information content (AvgIpc) is 2.66. The first-order chi connectivity index (χ1) is 8.61. The Bertz CT molecular complexity index is 548. The molecule has 5 heteroatoms. The highest BCUT2D eigenvalue weighted by molar-refractivity contribution is 9.10. The van der Waals surface area contributed by atoms with Crippen molar-refractivity contribution in [3.63, 3.8) is 0 Å². The molecular weight excluding hydrogens is 292 g/mol. The van der Waals surface area contributed by atoms with Crippen molar-refractivity contribution in [2.45, 2.75) is 27.3 Å². The summed E-state index contributed by atoms with van der Waals surface area (Å²) in [6.07, 6.45) is 1.81. The highest BCUT2D eigenvalue weighted by atomic mass is 79.9. The van der Waals surface area contributed by atoms with Gasteiger partial charge in [0.25, 0.3) is 0 Å². The van der Waals surface area contributed by atoms with E-state index in [9.17, 15) is 0 Å². The van der Waals surface area contributed by atoms with Crippen molar-refractivity contribution in [1.29, 1.82) is 0 Å². The summed E-state index contributed by atoms with van der Waals surface area (Å²) >= 11 is 3.46. The zero-order valence-electron chi connectivity index (χ0n) is 10.9. The average molecular weight is 309 g/mol. The minimum absolute atomic E-state index is 0.788. The van der Waals surface area contributed by atoms with Gasteiger partial charge < -0.3 is 5.32 Å². The van der Waals surface area contributed by atoms with E-state index in [0.717, 1.165) is 40.3 Å². The molecule has 2 rings (SSSR count). The van der Waals surface area contributed by atoms with Gasteiger partial charge in [0, 0.05) is 28.5 Å². The number of aryl methyl sites for hydroxylation is 2. The Labute approximate surface area is 116 Å². The number of rotatable bonds is 4. The lowest BCUT2D eigenvalue weighted by atomic mass is 10.2. The van der Waals surface area contributed by atoms with Crippen LogP contribution in [0.25, 0.3) is 5.82 Å². The Morgan fingerprint density at radius 3 is 2.72 bits per heavy atom. The van der Waals surface area contributed by atoms with Gasteiger partial charge in [-0.3, -0.25) is 0 Å². The highest BCUT2D eigenvalue weighted by Gasteiger charge is 2.10. The quantitative estimate of drug-likeness (QED) is 0.944. The number of aromatic nitrogens is 3. The van der Waals surface area contributed by atoms with Crippen LogP contribution in [-0.2, 0) is 6.54 Å². The van der Waals surface area contributed by atoms with Crippen molar-refractivity contribution in [3.8, 4) is 5.82 Å². The van der Waals surface area contributed by atoms with Crippen LogP contribution in [0.15, 0.2) is 22.8 Å². The van der Waals surface area contributed by atoms with Gasteiger partial charge in [-0.05, 0) is 48.5 Å². The van der Waals surface area contributed by atoms with Crippen LogP contribution in [0.1, 0.15) is 23.9 Å². The van der Waals surface area contributed by atoms with Crippen molar-refractivity contribution < 1.29 is 0 Å². The molecule has 0 saturated carbocycles. The molecule has 0 fully saturated rings. The molecule has 18 heavy (non-hydrogen) atoms. The van der Waals surface area contributed by atoms with Crippen LogP contribution in [0.2, 0.25) is 0 Å². The molecular formula is C13H17BrN4. The molecule has 0 aliphatic heterocycles. The molecule has 0 atom stereocenters. The molecule has 0 unspecified atom stereocenters. The highest BCUT2D eigenvalue weighted by Crippen LogP contribution is 2.18. The molecule has 2 aromatic heterocycles. The van der Waals surface area contributed by atoms with Crippen molar-refractivity contribution in [3.05, 3.63) is 39.8 Å². The summed E-state index contributed by atoms with van der Waals surface area (Å²) in [7, 11) is 0. The van der Waals surface area contributed by atoms with Crippen molar-refractivity contribution in [2.75, 3.05) is 6.54 Å². The molecule has 0 saturated heterocycles. The number of hydrogen-bond donors (Lipinski definition) is 1. The van der Waals surface area contributed by atoms with E-state index >= 15 is 0 Å². The maximum atomic E-state index is 4.49. The summed E-state index contributed by atoms with van der Waals surface area (Å²) in [6.45, 7) is 7.85. The molecule has 0 aliphatic carbocycles. The SMILES string of the molecule is CCNCc1cc(Br)cnc1-n1nc(C)cc1C. The fourth-order valence-corrected chi connectivity index (χ4v) is 2.28. The van der Waals surface area contributed by atoms with Crippen LogP contribution in [-0.4, -0.2) is 21.3 Å². The molecule has 0 spiro atoms. The van der Waals surface area contributed by atoms with Gasteiger partial charge >= 0.3 is 0 Å². The van der Waals surface area contributed by atoms with E-state index in [1.165, 1.54) is 0 Å². The van der Waals surface area contributed by atoms with E-state index in [0.29, 0.717) is 0 Å². The third-order valence-electron chi connectivity index (χ3n) is 2.69. The van der Waals surface area contributed by atoms with E-state index in [-0.39, 0.29) is 0 Å². The molecule has 96 valence electrons. The zero-order chi connectivity index (χ0) is 13.1. The van der Waals surface area contributed by atoms with Gasteiger partial charge in [0.05, 0.1) is 5.69 Å². The summed E-state index contributed by atoms with van der Waals surface area (Å²) in [5, 5.41) is 7.82. The van der Waals surface area contributed by atoms with Crippen molar-refractivity contribution in [2.24, 2.45) is 0 Å². The monoisotopic (exact) mass is 308 g/mol. The lowest BCUT2D eigenvalue weighted by molar-refractivity contribution is 0.704. The molecule has 0 aromatic carbocycles. The topological polar surface area (TPSA) is 42.7 Å². The largest absolute Gasteiger partial charge is 0.313 e. The Morgan fingerprint density at radius 2 is 2.11 bits per heavy atom. The van der Waals surface area contributed by atoms with E-state index in [1.54, 1.807) is 6.20 Å². The van der Waals surface area contributed by atoms with Gasteiger partial charge in [0.1, 0.15) is 0 Å². The lowest BCUT2D eigenvalue weighted by Gasteiger charge is -2.11. The Balaban J connectivity index is 2.46. The standard InChI is InChI=1S/C13H17BrN4/c1-4-15-7-11-6-12(14)8-16-13(11)18-10(3)5-9(2)17-18/h5-6,8,15H,4,7H2,1-3H3. The molecule has 0 radical (unpaired) electrons. The van der Waals surface area contributed by atoms with Crippen LogP contribution < -0.4 is 5.32 Å². The molecule has 4 nitrogen and oxygen atoms in total. The summed E-state index contributed by atoms with van der Waals surface area (Å²) < 4.78 is 2.88. The minimum Gasteiger partial charge on any atom is -0.313 e. The third-order valence-corrected chi connectivity index (χ3v) is 3.12. The first-order valence-electron chi connectivity index (χ1n) is 6.00. The second-order valence-electron chi connectivity index (χ2n) is 4.26. The van der Waals surface area contributed by atoms with Gasteiger partial charge in [0.15, 0.2) is 5.82 Å². The van der Waals surface area contributed by atoms with Crippen LogP contribution in [0, 0.1) is 13.8 Å². The van der Waals surface area contributed by atoms with Gasteiger partial charge in [0.2, 0.25) is 0 Å². The first-order valence-corrected chi connectivity index (χ1v) is 6.80. The summed E-state index contributed by atoms with van der Waals surface area (Å²) in [4.78, 5) is 4.49. The lowest BCUT2D eigenvalue weighted by Crippen LogP contribution is -2.15. The molecule has 0 aliphatic rings. The normalized spacial score (nSPS) is 10.9.